The van der Waals surface area contributed by atoms with E-state index in [0.29, 0.717) is 0 Å². The lowest BCUT2D eigenvalue weighted by Crippen LogP contribution is -2.67. The summed E-state index contributed by atoms with van der Waals surface area (Å²) < 4.78 is 41.3. The van der Waals surface area contributed by atoms with Crippen LogP contribution < -0.4 is 21.6 Å². The number of H-pyrrole nitrogens is 1. The number of halogens is 3. The third kappa shape index (κ3) is 5.42. The van der Waals surface area contributed by atoms with E-state index in [1.54, 1.807) is 0 Å². The second-order valence-corrected chi connectivity index (χ2v) is 14.0. The van der Waals surface area contributed by atoms with Crippen LogP contribution in [0.1, 0.15) is 32.8 Å². The van der Waals surface area contributed by atoms with Gasteiger partial charge in [0.2, 0.25) is 0 Å². The number of nitrogens with one attached hydrogen (secondary N) is 1. The van der Waals surface area contributed by atoms with Crippen LogP contribution in [0.2, 0.25) is 0 Å². The number of hydrogen-bond acceptors (Lipinski definition) is 5. The summed E-state index contributed by atoms with van der Waals surface area (Å²) in [6.07, 6.45) is -4.30. The molecule has 1 aromatic heterocycles. The van der Waals surface area contributed by atoms with Gasteiger partial charge in [0.25, 0.3) is 12.0 Å². The van der Waals surface area contributed by atoms with Gasteiger partial charge >= 0.3 is 5.69 Å². The minimum atomic E-state index is -3.12. The van der Waals surface area contributed by atoms with E-state index in [2.05, 4.69) is 15.9 Å². The molecule has 0 spiro atoms. The molecule has 198 valence electrons. The van der Waals surface area contributed by atoms with Gasteiger partial charge in [-0.05, 0) is 20.8 Å². The topological polar surface area (TPSA) is 93.5 Å². The molecule has 4 rings (SSSR count). The molecule has 2 aromatic carbocycles. The second-order valence-electron chi connectivity index (χ2n) is 9.99. The summed E-state index contributed by atoms with van der Waals surface area (Å²) in [6, 6.07) is 18.7. The van der Waals surface area contributed by atoms with E-state index < -0.39 is 60.0 Å². The smallest absolute Gasteiger partial charge is 0.330 e. The van der Waals surface area contributed by atoms with Crippen LogP contribution in [0.4, 0.5) is 8.78 Å². The number of benzene rings is 2. The number of aromatic nitrogens is 2. The zero-order valence-electron chi connectivity index (χ0n) is 20.6. The molecule has 0 amide bonds. The summed E-state index contributed by atoms with van der Waals surface area (Å²) in [6.45, 7) is 5.58. The summed E-state index contributed by atoms with van der Waals surface area (Å²) in [5.41, 5.74) is -3.47. The van der Waals surface area contributed by atoms with Crippen molar-refractivity contribution in [2.75, 3.05) is 6.61 Å². The first-order chi connectivity index (χ1) is 17.5. The largest absolute Gasteiger partial charge is 0.389 e. The van der Waals surface area contributed by atoms with Gasteiger partial charge in [0, 0.05) is 6.20 Å². The summed E-state index contributed by atoms with van der Waals surface area (Å²) in [5.74, 6) is 0. The number of aromatic amines is 1. The van der Waals surface area contributed by atoms with Crippen molar-refractivity contribution < 1.29 is 23.4 Å². The Hall–Kier alpha value is -2.44. The van der Waals surface area contributed by atoms with E-state index >= 15 is 0 Å². The molecular formula is C26H29BrF2N2O5Si. The average molecular weight is 596 g/mol. The summed E-state index contributed by atoms with van der Waals surface area (Å²) in [4.78, 5) is 26.7. The molecule has 1 fully saturated rings. The van der Waals surface area contributed by atoms with Crippen molar-refractivity contribution in [1.82, 2.24) is 9.55 Å². The van der Waals surface area contributed by atoms with Gasteiger partial charge in [0.05, 0.1) is 28.7 Å². The van der Waals surface area contributed by atoms with Crippen LogP contribution >= 0.6 is 15.9 Å². The van der Waals surface area contributed by atoms with Crippen LogP contribution in [0.5, 0.6) is 0 Å². The summed E-state index contributed by atoms with van der Waals surface area (Å²) in [5, 5.41) is 11.4. The van der Waals surface area contributed by atoms with E-state index in [4.69, 9.17) is 9.47 Å². The molecular weight excluding hydrogens is 566 g/mol. The first kappa shape index (κ1) is 27.6. The van der Waals surface area contributed by atoms with Crippen molar-refractivity contribution in [3.05, 3.63) is 93.3 Å². The average Bonchev–Trinajstić information content (AvgIpc) is 3.09. The Morgan fingerprint density at radius 1 is 1.11 bits per heavy atom. The number of alkyl halides is 3. The predicted octanol–water partition coefficient (Wildman–Crippen LogP) is 2.05. The Kier molecular flexibility index (Phi) is 8.01. The fourth-order valence-corrected chi connectivity index (χ4v) is 10.0. The lowest BCUT2D eigenvalue weighted by Gasteiger charge is -2.41. The van der Waals surface area contributed by atoms with E-state index in [1.807, 2.05) is 86.4 Å². The van der Waals surface area contributed by atoms with Gasteiger partial charge in [0.15, 0.2) is 14.1 Å². The van der Waals surface area contributed by atoms with Crippen LogP contribution in [0, 0.1) is 0 Å². The maximum Gasteiger partial charge on any atom is 0.330 e. The Bertz CT molecular complexity index is 1290. The molecule has 0 unspecified atom stereocenters. The Labute approximate surface area is 222 Å². The molecule has 0 radical (unpaired) electrons. The molecule has 2 heterocycles. The molecule has 1 saturated heterocycles. The molecule has 0 aliphatic carbocycles. The number of nitrogens with zero attached hydrogens (tertiary/aromatic N) is 1. The van der Waals surface area contributed by atoms with Crippen LogP contribution in [-0.2, 0) is 14.8 Å². The molecule has 0 bridgehead atoms. The Morgan fingerprint density at radius 3 is 2.14 bits per heavy atom. The lowest BCUT2D eigenvalue weighted by molar-refractivity contribution is -0.113. The lowest BCUT2D eigenvalue weighted by atomic mass is 10.1. The predicted molar refractivity (Wildman–Crippen MR) is 143 cm³/mol. The minimum absolute atomic E-state index is 0.000968. The number of ether oxygens (including phenoxy) is 2. The fourth-order valence-electron chi connectivity index (χ4n) is 4.69. The highest BCUT2D eigenvalue weighted by atomic mass is 79.9. The summed E-state index contributed by atoms with van der Waals surface area (Å²) >= 11 is 3.60. The van der Waals surface area contributed by atoms with E-state index in [1.165, 1.54) is 0 Å². The third-order valence-corrected chi connectivity index (χ3v) is 11.7. The van der Waals surface area contributed by atoms with Crippen molar-refractivity contribution in [1.29, 1.82) is 0 Å². The SMILES string of the molecule is CC(C)(C)OC[C@H]1O[C@](n2cc(C(F)F)c(=O)[nH]c2=O)([SiH](c2ccccc2)c2ccccc2)[C@H](Br)[C@@H]1O. The van der Waals surface area contributed by atoms with Gasteiger partial charge in [-0.15, -0.1) is 0 Å². The van der Waals surface area contributed by atoms with Gasteiger partial charge in [0.1, 0.15) is 6.10 Å². The molecule has 11 heteroatoms. The summed E-state index contributed by atoms with van der Waals surface area (Å²) in [7, 11) is -2.75. The Morgan fingerprint density at radius 2 is 1.65 bits per heavy atom. The molecule has 7 nitrogen and oxygen atoms in total. The van der Waals surface area contributed by atoms with Crippen molar-refractivity contribution in [3.63, 3.8) is 0 Å². The number of rotatable bonds is 7. The molecule has 1 aliphatic rings. The van der Waals surface area contributed by atoms with Crippen LogP contribution in [-0.4, -0.2) is 52.7 Å². The fraction of sp³-hybridized carbons (Fsp3) is 0.385. The maximum absolute atomic E-state index is 13.9. The van der Waals surface area contributed by atoms with Crippen LogP contribution in [0.3, 0.4) is 0 Å². The van der Waals surface area contributed by atoms with E-state index in [-0.39, 0.29) is 6.61 Å². The standard InChI is InChI=1S/C26H29BrF2N2O5Si/c1-25(2,3)35-15-19-20(32)21(27)26(36-19,31-14-18(22(28)29)23(33)30-24(31)34)37(16-10-6-4-7-11-16)17-12-8-5-9-13-17/h4-14,19-22,32,37H,15H2,1-3H3,(H,30,33,34)/t19-,20-,21-,26+/m1/s1. The normalized spacial score (nSPS) is 24.2. The highest BCUT2D eigenvalue weighted by Gasteiger charge is 2.61. The number of hydrogen-bond donors (Lipinski definition) is 2. The number of aliphatic hydroxyl groups excluding tert-OH is 1. The zero-order valence-corrected chi connectivity index (χ0v) is 23.3. The molecule has 2 N–H and O–H groups in total. The second kappa shape index (κ2) is 10.7. The van der Waals surface area contributed by atoms with Gasteiger partial charge in [-0.2, -0.15) is 0 Å². The monoisotopic (exact) mass is 594 g/mol. The number of aliphatic hydroxyl groups is 1. The van der Waals surface area contributed by atoms with Gasteiger partial charge in [-0.3, -0.25) is 14.3 Å². The molecule has 3 aromatic rings. The van der Waals surface area contributed by atoms with Crippen LogP contribution in [0.25, 0.3) is 0 Å². The first-order valence-electron chi connectivity index (χ1n) is 11.8. The van der Waals surface area contributed by atoms with Gasteiger partial charge in [-0.25, -0.2) is 13.6 Å². The molecule has 4 atom stereocenters. The van der Waals surface area contributed by atoms with Crippen molar-refractivity contribution >= 4 is 35.1 Å². The maximum atomic E-state index is 13.9. The van der Waals surface area contributed by atoms with Gasteiger partial charge in [-0.1, -0.05) is 87.0 Å². The Balaban J connectivity index is 2.02. The van der Waals surface area contributed by atoms with Crippen molar-refractivity contribution in [2.45, 2.75) is 55.2 Å². The molecule has 37 heavy (non-hydrogen) atoms. The van der Waals surface area contributed by atoms with Crippen molar-refractivity contribution in [2.24, 2.45) is 0 Å². The first-order valence-corrected chi connectivity index (χ1v) is 14.5. The highest BCUT2D eigenvalue weighted by Crippen LogP contribution is 2.42. The minimum Gasteiger partial charge on any atom is -0.389 e. The van der Waals surface area contributed by atoms with E-state index in [0.717, 1.165) is 21.1 Å². The third-order valence-electron chi connectivity index (χ3n) is 6.36. The van der Waals surface area contributed by atoms with Crippen molar-refractivity contribution in [3.8, 4) is 0 Å². The molecule has 0 saturated carbocycles. The highest BCUT2D eigenvalue weighted by molar-refractivity contribution is 9.09. The van der Waals surface area contributed by atoms with Crippen LogP contribution in [0.15, 0.2) is 76.4 Å². The quantitative estimate of drug-likeness (QED) is 0.322. The van der Waals surface area contributed by atoms with Gasteiger partial charge < -0.3 is 14.6 Å². The molecule has 1 aliphatic heterocycles. The zero-order chi connectivity index (χ0) is 27.0. The van der Waals surface area contributed by atoms with E-state index in [9.17, 15) is 23.5 Å².